The van der Waals surface area contributed by atoms with Crippen LogP contribution in [0.25, 0.3) is 11.2 Å². The molecule has 0 amide bonds. The zero-order valence-corrected chi connectivity index (χ0v) is 6.61. The fourth-order valence-corrected chi connectivity index (χ4v) is 0.965. The Bertz CT molecular complexity index is 409. The molecule has 0 aromatic carbocycles. The van der Waals surface area contributed by atoms with Crippen molar-refractivity contribution >= 4 is 17.0 Å². The van der Waals surface area contributed by atoms with Crippen LogP contribution in [-0.4, -0.2) is 15.0 Å². The summed E-state index contributed by atoms with van der Waals surface area (Å²) in [6.45, 7) is 1.95. The summed E-state index contributed by atoms with van der Waals surface area (Å²) in [6.07, 6.45) is 2.10. The van der Waals surface area contributed by atoms with Gasteiger partial charge in [-0.25, -0.2) is 9.97 Å². The minimum absolute atomic E-state index is 0.364. The van der Waals surface area contributed by atoms with Crippen molar-refractivity contribution in [3.05, 3.63) is 12.2 Å². The lowest BCUT2D eigenvalue weighted by Crippen LogP contribution is -1.91. The monoisotopic (exact) mass is 164 g/mol. The molecular weight excluding hydrogens is 156 g/mol. The number of fused-ring (bicyclic) bond motifs is 1. The quantitative estimate of drug-likeness (QED) is 0.673. The van der Waals surface area contributed by atoms with Gasteiger partial charge in [0.15, 0.2) is 17.2 Å². The van der Waals surface area contributed by atoms with Gasteiger partial charge in [-0.3, -0.25) is 0 Å². The molecule has 12 heavy (non-hydrogen) atoms. The van der Waals surface area contributed by atoms with Gasteiger partial charge in [-0.05, 0) is 0 Å². The van der Waals surface area contributed by atoms with Crippen molar-refractivity contribution in [3.8, 4) is 0 Å². The fraction of sp³-hybridized carbons (Fsp3) is 0.286. The van der Waals surface area contributed by atoms with E-state index < -0.39 is 0 Å². The van der Waals surface area contributed by atoms with Crippen LogP contribution in [0.1, 0.15) is 12.8 Å². The molecule has 5 heteroatoms. The SMILES string of the molecule is CCc1nc2c(N)ncnc2o1. The zero-order valence-electron chi connectivity index (χ0n) is 6.61. The van der Waals surface area contributed by atoms with Gasteiger partial charge in [-0.2, -0.15) is 4.98 Å². The van der Waals surface area contributed by atoms with E-state index >= 15 is 0 Å². The number of rotatable bonds is 1. The second-order valence-corrected chi connectivity index (χ2v) is 2.37. The largest absolute Gasteiger partial charge is 0.422 e. The van der Waals surface area contributed by atoms with Crippen molar-refractivity contribution in [1.82, 2.24) is 15.0 Å². The second kappa shape index (κ2) is 2.44. The molecule has 5 nitrogen and oxygen atoms in total. The van der Waals surface area contributed by atoms with Crippen molar-refractivity contribution in [2.24, 2.45) is 0 Å². The summed E-state index contributed by atoms with van der Waals surface area (Å²) in [7, 11) is 0. The summed E-state index contributed by atoms with van der Waals surface area (Å²) >= 11 is 0. The van der Waals surface area contributed by atoms with E-state index in [9.17, 15) is 0 Å². The summed E-state index contributed by atoms with van der Waals surface area (Å²) in [5.74, 6) is 1.00. The standard InChI is InChI=1S/C7H8N4O/c1-2-4-11-5-6(8)9-3-10-7(5)12-4/h3H,2H2,1H3,(H2,8,9,10). The van der Waals surface area contributed by atoms with Crippen LogP contribution in [0.4, 0.5) is 5.82 Å². The highest BCUT2D eigenvalue weighted by Gasteiger charge is 2.07. The molecule has 0 unspecified atom stereocenters. The maximum absolute atomic E-state index is 5.55. The van der Waals surface area contributed by atoms with Crippen molar-refractivity contribution < 1.29 is 4.42 Å². The number of anilines is 1. The van der Waals surface area contributed by atoms with E-state index in [-0.39, 0.29) is 0 Å². The van der Waals surface area contributed by atoms with E-state index in [1.54, 1.807) is 0 Å². The Labute approximate surface area is 68.6 Å². The summed E-state index contributed by atoms with van der Waals surface area (Å²) in [6, 6.07) is 0. The number of hydrogen-bond donors (Lipinski definition) is 1. The molecule has 0 aliphatic rings. The third-order valence-corrected chi connectivity index (χ3v) is 1.57. The van der Waals surface area contributed by atoms with Gasteiger partial charge in [0, 0.05) is 6.42 Å². The highest BCUT2D eigenvalue weighted by atomic mass is 16.4. The molecule has 2 aromatic heterocycles. The van der Waals surface area contributed by atoms with Crippen LogP contribution >= 0.6 is 0 Å². The molecule has 2 heterocycles. The van der Waals surface area contributed by atoms with Crippen LogP contribution in [0.15, 0.2) is 10.7 Å². The molecule has 0 fully saturated rings. The minimum Gasteiger partial charge on any atom is -0.422 e. The van der Waals surface area contributed by atoms with E-state index in [1.165, 1.54) is 6.33 Å². The first-order valence-electron chi connectivity index (χ1n) is 3.67. The average Bonchev–Trinajstić information content (AvgIpc) is 2.49. The first-order chi connectivity index (χ1) is 5.81. The molecule has 62 valence electrons. The molecule has 2 aromatic rings. The van der Waals surface area contributed by atoms with Gasteiger partial charge in [0.25, 0.3) is 5.71 Å². The number of aromatic nitrogens is 3. The zero-order chi connectivity index (χ0) is 8.55. The van der Waals surface area contributed by atoms with Crippen molar-refractivity contribution in [3.63, 3.8) is 0 Å². The Morgan fingerprint density at radius 1 is 1.50 bits per heavy atom. The number of oxazole rings is 1. The van der Waals surface area contributed by atoms with E-state index in [0.717, 1.165) is 6.42 Å². The number of hydrogen-bond acceptors (Lipinski definition) is 5. The molecule has 0 aliphatic heterocycles. The van der Waals surface area contributed by atoms with Crippen LogP contribution in [-0.2, 0) is 6.42 Å². The molecule has 0 saturated carbocycles. The van der Waals surface area contributed by atoms with E-state index in [0.29, 0.717) is 22.9 Å². The Morgan fingerprint density at radius 2 is 2.33 bits per heavy atom. The van der Waals surface area contributed by atoms with Crippen LogP contribution in [0.3, 0.4) is 0 Å². The molecule has 2 rings (SSSR count). The molecule has 0 atom stereocenters. The number of nitrogen functional groups attached to an aromatic ring is 1. The Balaban J connectivity index is 2.74. The first kappa shape index (κ1) is 7.02. The maximum atomic E-state index is 5.55. The highest BCUT2D eigenvalue weighted by Crippen LogP contribution is 2.16. The predicted octanol–water partition coefficient (Wildman–Crippen LogP) is 0.762. The fourth-order valence-electron chi connectivity index (χ4n) is 0.965. The van der Waals surface area contributed by atoms with Gasteiger partial charge in [0.05, 0.1) is 0 Å². The summed E-state index contributed by atoms with van der Waals surface area (Å²) in [5.41, 5.74) is 6.56. The van der Waals surface area contributed by atoms with Gasteiger partial charge in [-0.1, -0.05) is 6.92 Å². The third kappa shape index (κ3) is 0.903. The summed E-state index contributed by atoms with van der Waals surface area (Å²) in [5, 5.41) is 0. The van der Waals surface area contributed by atoms with Gasteiger partial charge < -0.3 is 10.2 Å². The van der Waals surface area contributed by atoms with E-state index in [4.69, 9.17) is 10.2 Å². The average molecular weight is 164 g/mol. The topological polar surface area (TPSA) is 77.8 Å². The Hall–Kier alpha value is -1.65. The van der Waals surface area contributed by atoms with Gasteiger partial charge in [0.2, 0.25) is 0 Å². The van der Waals surface area contributed by atoms with Crippen LogP contribution in [0, 0.1) is 0 Å². The first-order valence-corrected chi connectivity index (χ1v) is 3.67. The van der Waals surface area contributed by atoms with E-state index in [1.807, 2.05) is 6.92 Å². The number of nitrogens with two attached hydrogens (primary N) is 1. The summed E-state index contributed by atoms with van der Waals surface area (Å²) < 4.78 is 5.26. The molecule has 0 spiro atoms. The third-order valence-electron chi connectivity index (χ3n) is 1.57. The molecule has 2 N–H and O–H groups in total. The highest BCUT2D eigenvalue weighted by molar-refractivity contribution is 5.79. The number of aryl methyl sites for hydroxylation is 1. The maximum Gasteiger partial charge on any atom is 0.252 e. The molecular formula is C7H8N4O. The van der Waals surface area contributed by atoms with Crippen LogP contribution < -0.4 is 5.73 Å². The summed E-state index contributed by atoms with van der Waals surface area (Å²) in [4.78, 5) is 11.8. The molecule has 0 bridgehead atoms. The Morgan fingerprint density at radius 3 is 3.00 bits per heavy atom. The van der Waals surface area contributed by atoms with Crippen molar-refractivity contribution in [2.75, 3.05) is 5.73 Å². The minimum atomic E-state index is 0.364. The molecule has 0 aliphatic carbocycles. The van der Waals surface area contributed by atoms with Crippen molar-refractivity contribution in [2.45, 2.75) is 13.3 Å². The second-order valence-electron chi connectivity index (χ2n) is 2.37. The molecule has 0 radical (unpaired) electrons. The normalized spacial score (nSPS) is 10.8. The van der Waals surface area contributed by atoms with Crippen molar-refractivity contribution in [1.29, 1.82) is 0 Å². The predicted molar refractivity (Wildman–Crippen MR) is 43.4 cm³/mol. The van der Waals surface area contributed by atoms with Gasteiger partial charge in [0.1, 0.15) is 6.33 Å². The smallest absolute Gasteiger partial charge is 0.252 e. The van der Waals surface area contributed by atoms with Gasteiger partial charge in [-0.15, -0.1) is 0 Å². The van der Waals surface area contributed by atoms with Gasteiger partial charge >= 0.3 is 0 Å². The van der Waals surface area contributed by atoms with Crippen LogP contribution in [0.2, 0.25) is 0 Å². The molecule has 0 saturated heterocycles. The lowest BCUT2D eigenvalue weighted by Gasteiger charge is -1.87. The van der Waals surface area contributed by atoms with Crippen LogP contribution in [0.5, 0.6) is 0 Å². The lowest BCUT2D eigenvalue weighted by atomic mass is 10.5. The lowest BCUT2D eigenvalue weighted by molar-refractivity contribution is 0.529. The van der Waals surface area contributed by atoms with E-state index in [2.05, 4.69) is 15.0 Å². The number of nitrogens with zero attached hydrogens (tertiary/aromatic N) is 3. The Kier molecular flexibility index (Phi) is 1.43.